The largest absolute Gasteiger partial charge is 0.508 e. The van der Waals surface area contributed by atoms with E-state index in [1.165, 1.54) is 31.2 Å². The summed E-state index contributed by atoms with van der Waals surface area (Å²) in [6.07, 6.45) is 12.8. The highest BCUT2D eigenvalue weighted by molar-refractivity contribution is 5.53. The van der Waals surface area contributed by atoms with Crippen LogP contribution in [0.1, 0.15) is 96.6 Å². The summed E-state index contributed by atoms with van der Waals surface area (Å²) in [5.74, 6) is 2.13. The van der Waals surface area contributed by atoms with E-state index in [9.17, 15) is 5.11 Å². The van der Waals surface area contributed by atoms with Crippen LogP contribution in [0.3, 0.4) is 0 Å². The zero-order valence-electron chi connectivity index (χ0n) is 17.3. The van der Waals surface area contributed by atoms with Crippen molar-refractivity contribution in [3.63, 3.8) is 0 Å². The SMILES string of the molecule is CCCCCCC(C)(C)c1cc(O)c2c(c1)OC(C)(C)[C@@H]1CC=CC[C@@H]21. The molecular weight excluding hydrogens is 320 g/mol. The van der Waals surface area contributed by atoms with Crippen molar-refractivity contribution < 1.29 is 9.84 Å². The third-order valence-corrected chi connectivity index (χ3v) is 6.63. The fourth-order valence-electron chi connectivity index (χ4n) is 4.86. The summed E-state index contributed by atoms with van der Waals surface area (Å²) in [7, 11) is 0. The molecule has 0 bridgehead atoms. The standard InChI is InChI=1S/C24H36O2/c1-6-7-8-11-14-23(2,3)17-15-20(25)22-18-12-9-10-13-19(18)24(4,5)26-21(22)16-17/h9-10,15-16,18-19,25H,6-8,11-14H2,1-5H3/t18-,19-/m1/s1. The number of aromatic hydroxyl groups is 1. The summed E-state index contributed by atoms with van der Waals surface area (Å²) < 4.78 is 6.45. The quantitative estimate of drug-likeness (QED) is 0.445. The van der Waals surface area contributed by atoms with Gasteiger partial charge in [-0.1, -0.05) is 58.6 Å². The number of rotatable bonds is 6. The molecule has 0 unspecified atom stereocenters. The van der Waals surface area contributed by atoms with Gasteiger partial charge in [-0.05, 0) is 56.2 Å². The molecule has 26 heavy (non-hydrogen) atoms. The molecule has 0 amide bonds. The van der Waals surface area contributed by atoms with E-state index in [-0.39, 0.29) is 11.0 Å². The fourth-order valence-corrected chi connectivity index (χ4v) is 4.86. The fraction of sp³-hybridized carbons (Fsp3) is 0.667. The van der Waals surface area contributed by atoms with Crippen LogP contribution in [0.25, 0.3) is 0 Å². The van der Waals surface area contributed by atoms with Crippen LogP contribution in [-0.2, 0) is 5.41 Å². The molecule has 3 rings (SSSR count). The van der Waals surface area contributed by atoms with E-state index in [0.29, 0.717) is 17.6 Å². The van der Waals surface area contributed by atoms with E-state index in [1.807, 2.05) is 6.07 Å². The van der Waals surface area contributed by atoms with Gasteiger partial charge < -0.3 is 9.84 Å². The number of phenols is 1. The van der Waals surface area contributed by atoms with Gasteiger partial charge in [0.25, 0.3) is 0 Å². The Balaban J connectivity index is 1.91. The highest BCUT2D eigenvalue weighted by Crippen LogP contribution is 2.53. The zero-order valence-corrected chi connectivity index (χ0v) is 17.3. The van der Waals surface area contributed by atoms with E-state index in [2.05, 4.69) is 52.8 Å². The van der Waals surface area contributed by atoms with Crippen LogP contribution in [0.15, 0.2) is 24.3 Å². The predicted octanol–water partition coefficient (Wildman–Crippen LogP) is 6.86. The Labute approximate surface area is 159 Å². The van der Waals surface area contributed by atoms with Crippen molar-refractivity contribution >= 4 is 0 Å². The van der Waals surface area contributed by atoms with Crippen molar-refractivity contribution in [3.8, 4) is 11.5 Å². The highest BCUT2D eigenvalue weighted by Gasteiger charge is 2.45. The summed E-state index contributed by atoms with van der Waals surface area (Å²) >= 11 is 0. The maximum absolute atomic E-state index is 10.9. The van der Waals surface area contributed by atoms with Crippen LogP contribution in [0.2, 0.25) is 0 Å². The van der Waals surface area contributed by atoms with Gasteiger partial charge in [0.2, 0.25) is 0 Å². The number of hydrogen-bond acceptors (Lipinski definition) is 2. The second-order valence-corrected chi connectivity index (χ2v) is 9.46. The summed E-state index contributed by atoms with van der Waals surface area (Å²) in [6, 6.07) is 4.22. The van der Waals surface area contributed by atoms with E-state index < -0.39 is 0 Å². The van der Waals surface area contributed by atoms with Crippen LogP contribution in [0.5, 0.6) is 11.5 Å². The second-order valence-electron chi connectivity index (χ2n) is 9.46. The average molecular weight is 357 g/mol. The van der Waals surface area contributed by atoms with Crippen LogP contribution >= 0.6 is 0 Å². The molecule has 0 aromatic heterocycles. The Bertz CT molecular complexity index is 669. The normalized spacial score (nSPS) is 23.9. The van der Waals surface area contributed by atoms with Crippen molar-refractivity contribution in [3.05, 3.63) is 35.4 Å². The molecule has 2 nitrogen and oxygen atoms in total. The molecule has 1 aliphatic carbocycles. The van der Waals surface area contributed by atoms with Gasteiger partial charge in [0.1, 0.15) is 17.1 Å². The molecule has 0 fully saturated rings. The molecule has 2 heteroatoms. The Hall–Kier alpha value is -1.44. The molecule has 0 radical (unpaired) electrons. The van der Waals surface area contributed by atoms with Gasteiger partial charge in [0, 0.05) is 17.4 Å². The summed E-state index contributed by atoms with van der Waals surface area (Å²) in [4.78, 5) is 0. The summed E-state index contributed by atoms with van der Waals surface area (Å²) in [5.41, 5.74) is 2.09. The Morgan fingerprint density at radius 1 is 1.12 bits per heavy atom. The molecule has 1 aromatic carbocycles. The lowest BCUT2D eigenvalue weighted by molar-refractivity contribution is 0.00830. The molecule has 1 heterocycles. The summed E-state index contributed by atoms with van der Waals surface area (Å²) in [6.45, 7) is 11.2. The van der Waals surface area contributed by atoms with E-state index in [0.717, 1.165) is 30.6 Å². The first kappa shape index (κ1) is 19.3. The van der Waals surface area contributed by atoms with Crippen molar-refractivity contribution in [2.75, 3.05) is 0 Å². The van der Waals surface area contributed by atoms with Crippen LogP contribution in [-0.4, -0.2) is 10.7 Å². The molecule has 0 saturated heterocycles. The molecule has 1 N–H and O–H groups in total. The van der Waals surface area contributed by atoms with E-state index >= 15 is 0 Å². The molecule has 0 spiro atoms. The van der Waals surface area contributed by atoms with Crippen molar-refractivity contribution in [2.45, 2.75) is 96.5 Å². The number of phenolic OH excluding ortho intramolecular Hbond substituents is 1. The van der Waals surface area contributed by atoms with Gasteiger partial charge >= 0.3 is 0 Å². The smallest absolute Gasteiger partial charge is 0.127 e. The number of allylic oxidation sites excluding steroid dienone is 2. The second kappa shape index (κ2) is 7.29. The summed E-state index contributed by atoms with van der Waals surface area (Å²) in [5, 5.41) is 10.9. The van der Waals surface area contributed by atoms with Gasteiger partial charge in [0.05, 0.1) is 0 Å². The highest BCUT2D eigenvalue weighted by atomic mass is 16.5. The number of ether oxygens (including phenoxy) is 1. The van der Waals surface area contributed by atoms with Crippen LogP contribution in [0, 0.1) is 5.92 Å². The lowest BCUT2D eigenvalue weighted by Gasteiger charge is -2.46. The molecule has 2 atom stereocenters. The Morgan fingerprint density at radius 3 is 2.58 bits per heavy atom. The molecule has 1 aromatic rings. The number of unbranched alkanes of at least 4 members (excludes halogenated alkanes) is 3. The lowest BCUT2D eigenvalue weighted by atomic mass is 9.68. The lowest BCUT2D eigenvalue weighted by Crippen LogP contribution is -2.45. The van der Waals surface area contributed by atoms with Crippen LogP contribution in [0.4, 0.5) is 0 Å². The first-order chi connectivity index (χ1) is 12.3. The Morgan fingerprint density at radius 2 is 1.85 bits per heavy atom. The Kier molecular flexibility index (Phi) is 5.42. The molecule has 0 saturated carbocycles. The van der Waals surface area contributed by atoms with Crippen LogP contribution < -0.4 is 4.74 Å². The third-order valence-electron chi connectivity index (χ3n) is 6.63. The molecule has 144 valence electrons. The minimum absolute atomic E-state index is 0.0526. The maximum atomic E-state index is 10.9. The van der Waals surface area contributed by atoms with Crippen molar-refractivity contribution in [1.29, 1.82) is 0 Å². The first-order valence-electron chi connectivity index (χ1n) is 10.5. The molecule has 2 aliphatic rings. The molecular formula is C24H36O2. The van der Waals surface area contributed by atoms with Gasteiger partial charge in [-0.3, -0.25) is 0 Å². The van der Waals surface area contributed by atoms with Gasteiger partial charge in [0.15, 0.2) is 0 Å². The van der Waals surface area contributed by atoms with E-state index in [1.54, 1.807) is 0 Å². The third kappa shape index (κ3) is 3.66. The van der Waals surface area contributed by atoms with Crippen molar-refractivity contribution in [1.82, 2.24) is 0 Å². The van der Waals surface area contributed by atoms with Gasteiger partial charge in [-0.15, -0.1) is 0 Å². The molecule has 1 aliphatic heterocycles. The maximum Gasteiger partial charge on any atom is 0.127 e. The number of benzene rings is 1. The monoisotopic (exact) mass is 356 g/mol. The minimum Gasteiger partial charge on any atom is -0.508 e. The minimum atomic E-state index is -0.196. The van der Waals surface area contributed by atoms with Crippen molar-refractivity contribution in [2.24, 2.45) is 5.92 Å². The topological polar surface area (TPSA) is 29.5 Å². The van der Waals surface area contributed by atoms with Gasteiger partial charge in [-0.2, -0.15) is 0 Å². The average Bonchev–Trinajstić information content (AvgIpc) is 2.58. The number of hydrogen-bond donors (Lipinski definition) is 1. The first-order valence-corrected chi connectivity index (χ1v) is 10.5. The predicted molar refractivity (Wildman–Crippen MR) is 109 cm³/mol. The number of fused-ring (bicyclic) bond motifs is 3. The zero-order chi connectivity index (χ0) is 18.9. The van der Waals surface area contributed by atoms with Gasteiger partial charge in [-0.25, -0.2) is 0 Å². The van der Waals surface area contributed by atoms with E-state index in [4.69, 9.17) is 4.74 Å².